The van der Waals surface area contributed by atoms with Gasteiger partial charge in [-0.2, -0.15) is 0 Å². The molecule has 0 aromatic heterocycles. The lowest BCUT2D eigenvalue weighted by atomic mass is 9.96. The number of ether oxygens (including phenoxy) is 2. The number of likely N-dealkylation sites (tertiary alicyclic amines) is 1. The second-order valence-corrected chi connectivity index (χ2v) is 6.49. The SMILES string of the molecule is COc1ccc2c(c1)OCC2CC(=O)N1CC(N2CCNC2=O)C1. The van der Waals surface area contributed by atoms with Crippen LogP contribution in [0, 0.1) is 0 Å². The number of nitrogens with zero attached hydrogens (tertiary/aromatic N) is 2. The van der Waals surface area contributed by atoms with Crippen molar-refractivity contribution in [3.05, 3.63) is 23.8 Å². The summed E-state index contributed by atoms with van der Waals surface area (Å²) in [6.45, 7) is 3.23. The normalized spacial score (nSPS) is 22.7. The lowest BCUT2D eigenvalue weighted by Crippen LogP contribution is -2.61. The summed E-state index contributed by atoms with van der Waals surface area (Å²) in [7, 11) is 1.62. The first-order valence-electron chi connectivity index (χ1n) is 8.28. The molecular weight excluding hydrogens is 310 g/mol. The fourth-order valence-corrected chi connectivity index (χ4v) is 3.58. The van der Waals surface area contributed by atoms with E-state index in [4.69, 9.17) is 9.47 Å². The Kier molecular flexibility index (Phi) is 3.70. The van der Waals surface area contributed by atoms with E-state index in [1.807, 2.05) is 28.0 Å². The minimum atomic E-state index is -0.0147. The van der Waals surface area contributed by atoms with E-state index in [0.717, 1.165) is 23.6 Å². The number of rotatable bonds is 4. The monoisotopic (exact) mass is 331 g/mol. The molecule has 1 unspecified atom stereocenters. The van der Waals surface area contributed by atoms with Crippen molar-refractivity contribution in [2.24, 2.45) is 0 Å². The number of methoxy groups -OCH3 is 1. The van der Waals surface area contributed by atoms with Gasteiger partial charge in [0.2, 0.25) is 5.91 Å². The molecule has 1 aromatic carbocycles. The summed E-state index contributed by atoms with van der Waals surface area (Å²) in [4.78, 5) is 27.8. The Morgan fingerprint density at radius 2 is 2.25 bits per heavy atom. The molecular formula is C17H21N3O4. The molecule has 7 nitrogen and oxygen atoms in total. The molecule has 4 rings (SSSR count). The van der Waals surface area contributed by atoms with E-state index in [1.54, 1.807) is 7.11 Å². The van der Waals surface area contributed by atoms with Gasteiger partial charge in [-0.05, 0) is 6.07 Å². The number of carbonyl (C=O) groups excluding carboxylic acids is 2. The predicted molar refractivity (Wildman–Crippen MR) is 86.3 cm³/mol. The van der Waals surface area contributed by atoms with Crippen molar-refractivity contribution in [3.63, 3.8) is 0 Å². The molecule has 3 aliphatic heterocycles. The molecule has 1 atom stereocenters. The number of urea groups is 1. The van der Waals surface area contributed by atoms with Gasteiger partial charge in [-0.25, -0.2) is 4.79 Å². The standard InChI is InChI=1S/C17H21N3O4/c1-23-13-2-3-14-11(10-24-15(14)7-13)6-16(21)19-8-12(9-19)20-5-4-18-17(20)22/h2-3,7,11-12H,4-6,8-10H2,1H3,(H,18,22). The molecule has 0 aliphatic carbocycles. The molecule has 7 heteroatoms. The van der Waals surface area contributed by atoms with Gasteiger partial charge in [-0.3, -0.25) is 4.79 Å². The van der Waals surface area contributed by atoms with E-state index in [2.05, 4.69) is 5.32 Å². The topological polar surface area (TPSA) is 71.1 Å². The third-order valence-electron chi connectivity index (χ3n) is 5.07. The predicted octanol–water partition coefficient (Wildman–Crippen LogP) is 0.797. The van der Waals surface area contributed by atoms with Crippen molar-refractivity contribution in [1.82, 2.24) is 15.1 Å². The van der Waals surface area contributed by atoms with E-state index < -0.39 is 0 Å². The van der Waals surface area contributed by atoms with Crippen molar-refractivity contribution in [1.29, 1.82) is 0 Å². The van der Waals surface area contributed by atoms with Gasteiger partial charge in [-0.15, -0.1) is 0 Å². The summed E-state index contributed by atoms with van der Waals surface area (Å²) < 4.78 is 10.9. The van der Waals surface area contributed by atoms with Crippen LogP contribution in [0.2, 0.25) is 0 Å². The summed E-state index contributed by atoms with van der Waals surface area (Å²) in [6, 6.07) is 5.89. The number of nitrogens with one attached hydrogen (secondary N) is 1. The minimum Gasteiger partial charge on any atom is -0.497 e. The van der Waals surface area contributed by atoms with Crippen LogP contribution in [0.4, 0.5) is 4.79 Å². The largest absolute Gasteiger partial charge is 0.497 e. The second kappa shape index (κ2) is 5.89. The van der Waals surface area contributed by atoms with Crippen LogP contribution in [0.25, 0.3) is 0 Å². The molecule has 3 amide bonds. The molecule has 0 bridgehead atoms. The van der Waals surface area contributed by atoms with Crippen LogP contribution in [0.3, 0.4) is 0 Å². The van der Waals surface area contributed by atoms with Crippen LogP contribution in [0.1, 0.15) is 17.9 Å². The highest BCUT2D eigenvalue weighted by Crippen LogP contribution is 2.38. The maximum Gasteiger partial charge on any atom is 0.317 e. The van der Waals surface area contributed by atoms with Crippen LogP contribution in [-0.4, -0.2) is 67.7 Å². The van der Waals surface area contributed by atoms with Crippen molar-refractivity contribution in [3.8, 4) is 11.5 Å². The molecule has 0 saturated carbocycles. The third kappa shape index (κ3) is 2.53. The highest BCUT2D eigenvalue weighted by Gasteiger charge is 2.39. The van der Waals surface area contributed by atoms with Gasteiger partial charge in [-0.1, -0.05) is 6.07 Å². The fraction of sp³-hybridized carbons (Fsp3) is 0.529. The van der Waals surface area contributed by atoms with Crippen LogP contribution in [0.15, 0.2) is 18.2 Å². The van der Waals surface area contributed by atoms with E-state index in [0.29, 0.717) is 32.7 Å². The van der Waals surface area contributed by atoms with Crippen molar-refractivity contribution in [2.45, 2.75) is 18.4 Å². The van der Waals surface area contributed by atoms with E-state index in [-0.39, 0.29) is 23.9 Å². The lowest BCUT2D eigenvalue weighted by Gasteiger charge is -2.43. The third-order valence-corrected chi connectivity index (χ3v) is 5.07. The zero-order chi connectivity index (χ0) is 16.7. The Labute approximate surface area is 140 Å². The van der Waals surface area contributed by atoms with Gasteiger partial charge >= 0.3 is 6.03 Å². The summed E-state index contributed by atoms with van der Waals surface area (Å²) >= 11 is 0. The number of carbonyl (C=O) groups is 2. The molecule has 128 valence electrons. The maximum atomic E-state index is 12.5. The van der Waals surface area contributed by atoms with Gasteiger partial charge in [0.25, 0.3) is 0 Å². The first-order chi connectivity index (χ1) is 11.7. The highest BCUT2D eigenvalue weighted by molar-refractivity contribution is 5.80. The summed E-state index contributed by atoms with van der Waals surface area (Å²) in [6.07, 6.45) is 0.443. The molecule has 3 aliphatic rings. The zero-order valence-corrected chi connectivity index (χ0v) is 13.7. The van der Waals surface area contributed by atoms with Crippen molar-refractivity contribution < 1.29 is 19.1 Å². The first-order valence-corrected chi connectivity index (χ1v) is 8.28. The van der Waals surface area contributed by atoms with Crippen LogP contribution in [-0.2, 0) is 4.79 Å². The highest BCUT2D eigenvalue weighted by atomic mass is 16.5. The molecule has 3 heterocycles. The summed E-state index contributed by atoms with van der Waals surface area (Å²) in [5, 5.41) is 2.80. The van der Waals surface area contributed by atoms with Crippen LogP contribution in [0.5, 0.6) is 11.5 Å². The van der Waals surface area contributed by atoms with E-state index in [9.17, 15) is 9.59 Å². The fourth-order valence-electron chi connectivity index (χ4n) is 3.58. The first kappa shape index (κ1) is 15.1. The van der Waals surface area contributed by atoms with Crippen LogP contribution < -0.4 is 14.8 Å². The molecule has 24 heavy (non-hydrogen) atoms. The Morgan fingerprint density at radius 1 is 1.42 bits per heavy atom. The maximum absolute atomic E-state index is 12.5. The molecule has 1 aromatic rings. The molecule has 2 fully saturated rings. The minimum absolute atomic E-state index is 0.0147. The number of fused-ring (bicyclic) bond motifs is 1. The van der Waals surface area contributed by atoms with Crippen LogP contribution >= 0.6 is 0 Å². The zero-order valence-electron chi connectivity index (χ0n) is 13.7. The molecule has 0 radical (unpaired) electrons. The van der Waals surface area contributed by atoms with Gasteiger partial charge in [0, 0.05) is 50.1 Å². The van der Waals surface area contributed by atoms with Gasteiger partial charge < -0.3 is 24.6 Å². The Morgan fingerprint density at radius 3 is 2.96 bits per heavy atom. The van der Waals surface area contributed by atoms with E-state index >= 15 is 0 Å². The van der Waals surface area contributed by atoms with Gasteiger partial charge in [0.15, 0.2) is 0 Å². The quantitative estimate of drug-likeness (QED) is 0.886. The smallest absolute Gasteiger partial charge is 0.317 e. The Balaban J connectivity index is 1.33. The number of amides is 3. The molecule has 1 N–H and O–H groups in total. The Hall–Kier alpha value is -2.44. The number of hydrogen-bond donors (Lipinski definition) is 1. The number of hydrogen-bond acceptors (Lipinski definition) is 4. The van der Waals surface area contributed by atoms with E-state index in [1.165, 1.54) is 0 Å². The van der Waals surface area contributed by atoms with Crippen molar-refractivity contribution in [2.75, 3.05) is 39.9 Å². The number of benzene rings is 1. The second-order valence-electron chi connectivity index (χ2n) is 6.49. The van der Waals surface area contributed by atoms with Gasteiger partial charge in [0.05, 0.1) is 19.8 Å². The average Bonchev–Trinajstić information content (AvgIpc) is 3.13. The summed E-state index contributed by atoms with van der Waals surface area (Å²) in [5.74, 6) is 1.79. The molecule has 2 saturated heterocycles. The van der Waals surface area contributed by atoms with Crippen molar-refractivity contribution >= 4 is 11.9 Å². The van der Waals surface area contributed by atoms with Gasteiger partial charge in [0.1, 0.15) is 11.5 Å². The Bertz CT molecular complexity index is 672. The average molecular weight is 331 g/mol. The molecule has 0 spiro atoms. The summed E-state index contributed by atoms with van der Waals surface area (Å²) in [5.41, 5.74) is 1.07. The lowest BCUT2D eigenvalue weighted by molar-refractivity contribution is -0.138.